The Morgan fingerprint density at radius 2 is 1.80 bits per heavy atom. The minimum absolute atomic E-state index is 0.0339. The van der Waals surface area contributed by atoms with Crippen molar-refractivity contribution in [1.29, 1.82) is 0 Å². The first-order valence-electron chi connectivity index (χ1n) is 6.44. The number of hydrogen-bond acceptors (Lipinski definition) is 2. The first kappa shape index (κ1) is 12.8. The van der Waals surface area contributed by atoms with Crippen LogP contribution in [0.4, 0.5) is 10.1 Å². The van der Waals surface area contributed by atoms with Crippen molar-refractivity contribution in [3.63, 3.8) is 0 Å². The van der Waals surface area contributed by atoms with Crippen LogP contribution in [0, 0.1) is 5.82 Å². The van der Waals surface area contributed by atoms with Gasteiger partial charge in [-0.05, 0) is 47.9 Å². The predicted molar refractivity (Wildman–Crippen MR) is 73.9 cm³/mol. The maximum Gasteiger partial charge on any atom is 0.231 e. The number of halogens is 1. The molecule has 0 aromatic heterocycles. The number of rotatable bonds is 2. The molecule has 1 amide bonds. The Labute approximate surface area is 116 Å². The number of aliphatic hydroxyl groups excluding tert-OH is 1. The molecule has 2 unspecified atom stereocenters. The van der Waals surface area contributed by atoms with Gasteiger partial charge in [0.1, 0.15) is 11.9 Å². The third-order valence-corrected chi connectivity index (χ3v) is 3.69. The van der Waals surface area contributed by atoms with Gasteiger partial charge in [0.2, 0.25) is 5.91 Å². The molecule has 0 spiro atoms. The van der Waals surface area contributed by atoms with Crippen molar-refractivity contribution < 1.29 is 14.3 Å². The number of benzene rings is 2. The molecular weight excluding hydrogens is 257 g/mol. The van der Waals surface area contributed by atoms with Gasteiger partial charge in [0, 0.05) is 5.69 Å². The molecular formula is C16H14FNO2. The summed E-state index contributed by atoms with van der Waals surface area (Å²) >= 11 is 0. The monoisotopic (exact) mass is 271 g/mol. The van der Waals surface area contributed by atoms with Crippen molar-refractivity contribution in [2.75, 3.05) is 5.32 Å². The van der Waals surface area contributed by atoms with Crippen LogP contribution in [0.5, 0.6) is 0 Å². The van der Waals surface area contributed by atoms with E-state index in [9.17, 15) is 14.3 Å². The summed E-state index contributed by atoms with van der Waals surface area (Å²) in [6.45, 7) is 1.83. The van der Waals surface area contributed by atoms with E-state index in [-0.39, 0.29) is 17.6 Å². The van der Waals surface area contributed by atoms with Gasteiger partial charge >= 0.3 is 0 Å². The summed E-state index contributed by atoms with van der Waals surface area (Å²) in [4.78, 5) is 11.6. The van der Waals surface area contributed by atoms with Crippen LogP contribution in [-0.4, -0.2) is 11.0 Å². The molecule has 2 aromatic rings. The van der Waals surface area contributed by atoms with Gasteiger partial charge < -0.3 is 10.4 Å². The lowest BCUT2D eigenvalue weighted by molar-refractivity contribution is -0.116. The Balaban J connectivity index is 1.95. The van der Waals surface area contributed by atoms with E-state index in [0.717, 1.165) is 11.3 Å². The number of nitrogens with one attached hydrogen (secondary N) is 1. The number of fused-ring (bicyclic) bond motifs is 1. The molecule has 1 aliphatic heterocycles. The second kappa shape index (κ2) is 4.72. The van der Waals surface area contributed by atoms with Gasteiger partial charge in [-0.2, -0.15) is 0 Å². The van der Waals surface area contributed by atoms with Crippen molar-refractivity contribution in [3.05, 3.63) is 65.0 Å². The fraction of sp³-hybridized carbons (Fsp3) is 0.188. The average Bonchev–Trinajstić information content (AvgIpc) is 2.74. The van der Waals surface area contributed by atoms with E-state index >= 15 is 0 Å². The summed E-state index contributed by atoms with van der Waals surface area (Å²) in [5, 5.41) is 13.1. The third-order valence-electron chi connectivity index (χ3n) is 3.69. The van der Waals surface area contributed by atoms with Gasteiger partial charge in [-0.1, -0.05) is 18.2 Å². The van der Waals surface area contributed by atoms with Crippen LogP contribution in [0.25, 0.3) is 0 Å². The minimum Gasteiger partial charge on any atom is -0.384 e. The van der Waals surface area contributed by atoms with E-state index in [1.54, 1.807) is 24.3 Å². The summed E-state index contributed by atoms with van der Waals surface area (Å²) < 4.78 is 12.9. The van der Waals surface area contributed by atoms with Gasteiger partial charge in [-0.3, -0.25) is 4.79 Å². The number of carbonyl (C=O) groups is 1. The van der Waals surface area contributed by atoms with Gasteiger partial charge in [0.05, 0.1) is 5.92 Å². The highest BCUT2D eigenvalue weighted by atomic mass is 19.1. The maximum atomic E-state index is 12.9. The molecule has 1 aliphatic rings. The Bertz CT molecular complexity index is 667. The van der Waals surface area contributed by atoms with Crippen LogP contribution in [0.1, 0.15) is 35.6 Å². The number of carbonyl (C=O) groups excluding carboxylic acids is 1. The second-order valence-corrected chi connectivity index (χ2v) is 5.01. The zero-order chi connectivity index (χ0) is 14.3. The normalized spacial score (nSPS) is 18.6. The first-order chi connectivity index (χ1) is 9.56. The molecule has 1 heterocycles. The SMILES string of the molecule is CC1C(=O)Nc2ccc(C(O)c3ccc(F)cc3)cc21. The molecule has 0 saturated heterocycles. The molecule has 2 aromatic carbocycles. The molecule has 4 heteroatoms. The predicted octanol–water partition coefficient (Wildman–Crippen LogP) is 2.96. The molecule has 2 atom stereocenters. The zero-order valence-corrected chi connectivity index (χ0v) is 10.9. The highest BCUT2D eigenvalue weighted by molar-refractivity contribution is 6.02. The summed E-state index contributed by atoms with van der Waals surface area (Å²) in [6, 6.07) is 11.1. The van der Waals surface area contributed by atoms with Gasteiger partial charge in [-0.15, -0.1) is 0 Å². The van der Waals surface area contributed by atoms with E-state index in [1.807, 2.05) is 13.0 Å². The molecule has 3 nitrogen and oxygen atoms in total. The fourth-order valence-electron chi connectivity index (χ4n) is 2.44. The van der Waals surface area contributed by atoms with Gasteiger partial charge in [0.25, 0.3) is 0 Å². The zero-order valence-electron chi connectivity index (χ0n) is 10.9. The quantitative estimate of drug-likeness (QED) is 0.882. The largest absolute Gasteiger partial charge is 0.384 e. The lowest BCUT2D eigenvalue weighted by Gasteiger charge is -2.13. The number of anilines is 1. The van der Waals surface area contributed by atoms with E-state index in [0.29, 0.717) is 11.1 Å². The van der Waals surface area contributed by atoms with E-state index in [2.05, 4.69) is 5.32 Å². The first-order valence-corrected chi connectivity index (χ1v) is 6.44. The van der Waals surface area contributed by atoms with Crippen molar-refractivity contribution in [2.45, 2.75) is 18.9 Å². The van der Waals surface area contributed by atoms with Crippen LogP contribution < -0.4 is 5.32 Å². The van der Waals surface area contributed by atoms with Gasteiger partial charge in [0.15, 0.2) is 0 Å². The Morgan fingerprint density at radius 1 is 1.15 bits per heavy atom. The summed E-state index contributed by atoms with van der Waals surface area (Å²) in [5.74, 6) is -0.586. The molecule has 2 N–H and O–H groups in total. The molecule has 0 aliphatic carbocycles. The van der Waals surface area contributed by atoms with Crippen molar-refractivity contribution in [1.82, 2.24) is 0 Å². The number of hydrogen-bond donors (Lipinski definition) is 2. The highest BCUT2D eigenvalue weighted by Gasteiger charge is 2.27. The number of amides is 1. The Morgan fingerprint density at radius 3 is 2.50 bits per heavy atom. The topological polar surface area (TPSA) is 49.3 Å². The van der Waals surface area contributed by atoms with Crippen LogP contribution >= 0.6 is 0 Å². The van der Waals surface area contributed by atoms with Crippen LogP contribution in [-0.2, 0) is 4.79 Å². The standard InChI is InChI=1S/C16H14FNO2/c1-9-13-8-11(4-7-14(13)18-16(9)20)15(19)10-2-5-12(17)6-3-10/h2-9,15,19H,1H3,(H,18,20). The minimum atomic E-state index is -0.830. The smallest absolute Gasteiger partial charge is 0.231 e. The van der Waals surface area contributed by atoms with Crippen LogP contribution in [0.3, 0.4) is 0 Å². The fourth-order valence-corrected chi connectivity index (χ4v) is 2.44. The third kappa shape index (κ3) is 2.08. The van der Waals surface area contributed by atoms with Crippen LogP contribution in [0.2, 0.25) is 0 Å². The summed E-state index contributed by atoms with van der Waals surface area (Å²) in [5.41, 5.74) is 2.99. The lowest BCUT2D eigenvalue weighted by Crippen LogP contribution is -2.08. The molecule has 0 radical (unpaired) electrons. The average molecular weight is 271 g/mol. The highest BCUT2D eigenvalue weighted by Crippen LogP contribution is 2.35. The van der Waals surface area contributed by atoms with E-state index < -0.39 is 6.10 Å². The van der Waals surface area contributed by atoms with E-state index in [4.69, 9.17) is 0 Å². The molecule has 20 heavy (non-hydrogen) atoms. The summed E-state index contributed by atoms with van der Waals surface area (Å²) in [7, 11) is 0. The lowest BCUT2D eigenvalue weighted by atomic mass is 9.95. The van der Waals surface area contributed by atoms with Crippen molar-refractivity contribution in [2.24, 2.45) is 0 Å². The number of aliphatic hydroxyl groups is 1. The second-order valence-electron chi connectivity index (χ2n) is 5.01. The molecule has 102 valence electrons. The van der Waals surface area contributed by atoms with E-state index in [1.165, 1.54) is 12.1 Å². The molecule has 0 bridgehead atoms. The van der Waals surface area contributed by atoms with Crippen molar-refractivity contribution >= 4 is 11.6 Å². The summed E-state index contributed by atoms with van der Waals surface area (Å²) in [6.07, 6.45) is -0.830. The maximum absolute atomic E-state index is 12.9. The molecule has 0 saturated carbocycles. The Kier molecular flexibility index (Phi) is 3.03. The van der Waals surface area contributed by atoms with Crippen molar-refractivity contribution in [3.8, 4) is 0 Å². The van der Waals surface area contributed by atoms with Crippen LogP contribution in [0.15, 0.2) is 42.5 Å². The van der Waals surface area contributed by atoms with Gasteiger partial charge in [-0.25, -0.2) is 4.39 Å². The molecule has 3 rings (SSSR count). The molecule has 0 fully saturated rings. The Hall–Kier alpha value is -2.20.